The zero-order valence-electron chi connectivity index (χ0n) is 13.8. The number of piperidine rings is 1. The van der Waals surface area contributed by atoms with Gasteiger partial charge in [0.2, 0.25) is 0 Å². The van der Waals surface area contributed by atoms with Gasteiger partial charge in [-0.2, -0.15) is 0 Å². The Balaban J connectivity index is 2.00. The van der Waals surface area contributed by atoms with Crippen LogP contribution in [0.2, 0.25) is 5.02 Å². The molecule has 5 nitrogen and oxygen atoms in total. The van der Waals surface area contributed by atoms with Crippen LogP contribution in [0.4, 0.5) is 9.18 Å². The molecule has 2 N–H and O–H groups in total. The molecule has 1 aromatic carbocycles. The molecular weight excluding hydrogens is 335 g/mol. The van der Waals surface area contributed by atoms with Crippen molar-refractivity contribution in [2.75, 3.05) is 32.8 Å². The normalized spacial score (nSPS) is 18.9. The van der Waals surface area contributed by atoms with Gasteiger partial charge < -0.3 is 20.1 Å². The average Bonchev–Trinajstić information content (AvgIpc) is 2.59. The third kappa shape index (κ3) is 5.33. The molecule has 1 aromatic rings. The number of hydrogen-bond acceptors (Lipinski definition) is 4. The Hall–Kier alpha value is -1.37. The van der Waals surface area contributed by atoms with E-state index in [1.807, 2.05) is 0 Å². The van der Waals surface area contributed by atoms with Crippen molar-refractivity contribution in [2.45, 2.75) is 25.9 Å². The van der Waals surface area contributed by atoms with Crippen LogP contribution in [0.5, 0.6) is 0 Å². The van der Waals surface area contributed by atoms with Crippen LogP contribution in [-0.4, -0.2) is 38.9 Å². The van der Waals surface area contributed by atoms with Gasteiger partial charge >= 0.3 is 6.09 Å². The Bertz CT molecular complexity index is 539. The lowest BCUT2D eigenvalue weighted by molar-refractivity contribution is 0.00243. The third-order valence-corrected chi connectivity index (χ3v) is 4.29. The second-order valence-corrected chi connectivity index (χ2v) is 6.10. The summed E-state index contributed by atoms with van der Waals surface area (Å²) in [6.45, 7) is 4.36. The van der Waals surface area contributed by atoms with E-state index in [1.54, 1.807) is 19.1 Å². The van der Waals surface area contributed by atoms with Gasteiger partial charge in [-0.25, -0.2) is 9.18 Å². The van der Waals surface area contributed by atoms with Crippen LogP contribution in [-0.2, 0) is 9.47 Å². The van der Waals surface area contributed by atoms with E-state index in [-0.39, 0.29) is 17.5 Å². The van der Waals surface area contributed by atoms with Crippen molar-refractivity contribution in [1.29, 1.82) is 0 Å². The lowest BCUT2D eigenvalue weighted by Crippen LogP contribution is -2.35. The van der Waals surface area contributed by atoms with E-state index in [0.29, 0.717) is 18.7 Å². The first-order valence-electron chi connectivity index (χ1n) is 8.30. The highest BCUT2D eigenvalue weighted by Gasteiger charge is 2.28. The summed E-state index contributed by atoms with van der Waals surface area (Å²) in [5.74, 6) is -0.276. The molecule has 0 bridgehead atoms. The van der Waals surface area contributed by atoms with Gasteiger partial charge in [0.15, 0.2) is 0 Å². The standard InChI is InChI=1S/C17H24ClFN2O3/c1-2-23-17(22)21-9-10-24-16(12-5-4-8-20-11-12)13-6-3-7-14(18)15(13)19/h3,6-7,12,16,20H,2,4-5,8-11H2,1H3,(H,21,22)/t12?,16-/m1/s1. The van der Waals surface area contributed by atoms with Gasteiger partial charge in [0.25, 0.3) is 0 Å². The van der Waals surface area contributed by atoms with Crippen LogP contribution in [0.3, 0.4) is 0 Å². The molecule has 7 heteroatoms. The van der Waals surface area contributed by atoms with Crippen molar-refractivity contribution in [3.63, 3.8) is 0 Å². The first kappa shape index (κ1) is 19.0. The molecule has 24 heavy (non-hydrogen) atoms. The lowest BCUT2D eigenvalue weighted by Gasteiger charge is -2.31. The number of halogens is 2. The van der Waals surface area contributed by atoms with Crippen LogP contribution >= 0.6 is 11.6 Å². The fraction of sp³-hybridized carbons (Fsp3) is 0.588. The van der Waals surface area contributed by atoms with Crippen molar-refractivity contribution in [1.82, 2.24) is 10.6 Å². The Kier molecular flexibility index (Phi) is 7.75. The Morgan fingerprint density at radius 1 is 1.54 bits per heavy atom. The SMILES string of the molecule is CCOC(=O)NCCO[C@@H](c1cccc(Cl)c1F)C1CCCNC1. The summed E-state index contributed by atoms with van der Waals surface area (Å²) in [7, 11) is 0. The van der Waals surface area contributed by atoms with E-state index < -0.39 is 18.0 Å². The third-order valence-electron chi connectivity index (χ3n) is 4.00. The van der Waals surface area contributed by atoms with Crippen LogP contribution in [0.25, 0.3) is 0 Å². The molecule has 0 aromatic heterocycles. The summed E-state index contributed by atoms with van der Waals surface area (Å²) in [5, 5.41) is 6.01. The van der Waals surface area contributed by atoms with Crippen molar-refractivity contribution in [3.8, 4) is 0 Å². The molecule has 1 heterocycles. The number of rotatable bonds is 7. The molecule has 1 saturated heterocycles. The van der Waals surface area contributed by atoms with Crippen molar-refractivity contribution >= 4 is 17.7 Å². The number of carbonyl (C=O) groups excluding carboxylic acids is 1. The van der Waals surface area contributed by atoms with Crippen LogP contribution in [0.15, 0.2) is 18.2 Å². The quantitative estimate of drug-likeness (QED) is 0.734. The Morgan fingerprint density at radius 2 is 2.38 bits per heavy atom. The van der Waals surface area contributed by atoms with E-state index in [9.17, 15) is 9.18 Å². The molecular formula is C17H24ClFN2O3. The Morgan fingerprint density at radius 3 is 3.08 bits per heavy atom. The summed E-state index contributed by atoms with van der Waals surface area (Å²) in [6.07, 6.45) is 1.09. The molecule has 1 aliphatic heterocycles. The van der Waals surface area contributed by atoms with Crippen molar-refractivity contribution in [3.05, 3.63) is 34.6 Å². The molecule has 1 aliphatic rings. The molecule has 134 valence electrons. The molecule has 0 spiro atoms. The Labute approximate surface area is 146 Å². The maximum Gasteiger partial charge on any atom is 0.407 e. The molecule has 1 fully saturated rings. The van der Waals surface area contributed by atoms with Crippen LogP contribution < -0.4 is 10.6 Å². The largest absolute Gasteiger partial charge is 0.450 e. The predicted molar refractivity (Wildman–Crippen MR) is 90.7 cm³/mol. The number of alkyl carbamates (subject to hydrolysis) is 1. The first-order chi connectivity index (χ1) is 11.6. The van der Waals surface area contributed by atoms with Gasteiger partial charge in [-0.3, -0.25) is 0 Å². The van der Waals surface area contributed by atoms with Crippen molar-refractivity contribution < 1.29 is 18.7 Å². The topological polar surface area (TPSA) is 59.6 Å². The maximum atomic E-state index is 14.4. The summed E-state index contributed by atoms with van der Waals surface area (Å²) in [4.78, 5) is 11.3. The molecule has 2 rings (SSSR count). The highest BCUT2D eigenvalue weighted by molar-refractivity contribution is 6.30. The van der Waals surface area contributed by atoms with Crippen molar-refractivity contribution in [2.24, 2.45) is 5.92 Å². The summed E-state index contributed by atoms with van der Waals surface area (Å²) in [6, 6.07) is 4.96. The lowest BCUT2D eigenvalue weighted by atomic mass is 9.89. The molecule has 0 saturated carbocycles. The highest BCUT2D eigenvalue weighted by atomic mass is 35.5. The maximum absolute atomic E-state index is 14.4. The number of amides is 1. The number of hydrogen-bond donors (Lipinski definition) is 2. The van der Waals surface area contributed by atoms with Gasteiger partial charge in [0, 0.05) is 24.6 Å². The molecule has 2 atom stereocenters. The van der Waals surface area contributed by atoms with E-state index >= 15 is 0 Å². The molecule has 1 unspecified atom stereocenters. The van der Waals surface area contributed by atoms with E-state index in [4.69, 9.17) is 21.1 Å². The molecule has 1 amide bonds. The van der Waals surface area contributed by atoms with Crippen LogP contribution in [0.1, 0.15) is 31.4 Å². The van der Waals surface area contributed by atoms with Gasteiger partial charge in [0.05, 0.1) is 24.3 Å². The second kappa shape index (κ2) is 9.81. The fourth-order valence-corrected chi connectivity index (χ4v) is 3.06. The zero-order chi connectivity index (χ0) is 17.4. The fourth-order valence-electron chi connectivity index (χ4n) is 2.88. The van der Waals surface area contributed by atoms with E-state index in [1.165, 1.54) is 6.07 Å². The molecule has 0 aliphatic carbocycles. The number of carbonyl (C=O) groups is 1. The molecule has 0 radical (unpaired) electrons. The van der Waals surface area contributed by atoms with Crippen LogP contribution in [0, 0.1) is 11.7 Å². The summed E-state index contributed by atoms with van der Waals surface area (Å²) in [5.41, 5.74) is 0.465. The minimum atomic E-state index is -0.481. The average molecular weight is 359 g/mol. The minimum absolute atomic E-state index is 0.0921. The number of nitrogens with one attached hydrogen (secondary N) is 2. The smallest absolute Gasteiger partial charge is 0.407 e. The predicted octanol–water partition coefficient (Wildman–Crippen LogP) is 3.28. The summed E-state index contributed by atoms with van der Waals surface area (Å²) < 4.78 is 25.1. The zero-order valence-corrected chi connectivity index (χ0v) is 14.6. The second-order valence-electron chi connectivity index (χ2n) is 5.69. The summed E-state index contributed by atoms with van der Waals surface area (Å²) >= 11 is 5.91. The van der Waals surface area contributed by atoms with Gasteiger partial charge in [-0.05, 0) is 32.4 Å². The first-order valence-corrected chi connectivity index (χ1v) is 8.68. The van der Waals surface area contributed by atoms with Gasteiger partial charge in [0.1, 0.15) is 5.82 Å². The van der Waals surface area contributed by atoms with Gasteiger partial charge in [-0.15, -0.1) is 0 Å². The minimum Gasteiger partial charge on any atom is -0.450 e. The number of ether oxygens (including phenoxy) is 2. The van der Waals surface area contributed by atoms with E-state index in [0.717, 1.165) is 25.9 Å². The highest BCUT2D eigenvalue weighted by Crippen LogP contribution is 2.34. The van der Waals surface area contributed by atoms with Gasteiger partial charge in [-0.1, -0.05) is 23.7 Å². The monoisotopic (exact) mass is 358 g/mol. The number of benzene rings is 1. The van der Waals surface area contributed by atoms with E-state index in [2.05, 4.69) is 10.6 Å².